The highest BCUT2D eigenvalue weighted by molar-refractivity contribution is 9.10. The summed E-state index contributed by atoms with van der Waals surface area (Å²) in [5.74, 6) is -1.36. The van der Waals surface area contributed by atoms with Crippen molar-refractivity contribution in [3.8, 4) is 17.6 Å². The van der Waals surface area contributed by atoms with E-state index >= 15 is 0 Å². The molecule has 166 valence electrons. The van der Waals surface area contributed by atoms with E-state index in [1.54, 1.807) is 18.2 Å². The molecule has 2 atom stereocenters. The molecular formula is C23H21BrN2O5S. The van der Waals surface area contributed by atoms with Crippen LogP contribution in [0.4, 0.5) is 0 Å². The number of halogens is 1. The zero-order valence-electron chi connectivity index (χ0n) is 17.5. The zero-order chi connectivity index (χ0) is 23.1. The molecule has 1 N–H and O–H groups in total. The molecule has 0 radical (unpaired) electrons. The number of rotatable bonds is 8. The highest BCUT2D eigenvalue weighted by Gasteiger charge is 2.44. The first-order chi connectivity index (χ1) is 15.5. The van der Waals surface area contributed by atoms with Crippen molar-refractivity contribution >= 4 is 39.6 Å². The number of thioether (sulfide) groups is 1. The smallest absolute Gasteiger partial charge is 0.319 e. The first kappa shape index (κ1) is 23.7. The number of para-hydroxylation sites is 1. The van der Waals surface area contributed by atoms with Gasteiger partial charge in [-0.15, -0.1) is 11.8 Å². The number of hydrogen-bond acceptors (Lipinski definition) is 7. The van der Waals surface area contributed by atoms with E-state index in [-0.39, 0.29) is 0 Å². The Kier molecular flexibility index (Phi) is 8.20. The topological polar surface area (TPSA) is 97.7 Å². The summed E-state index contributed by atoms with van der Waals surface area (Å²) < 4.78 is 16.5. The Morgan fingerprint density at radius 3 is 2.59 bits per heavy atom. The van der Waals surface area contributed by atoms with Gasteiger partial charge < -0.3 is 19.5 Å². The van der Waals surface area contributed by atoms with Gasteiger partial charge in [-0.3, -0.25) is 9.59 Å². The Bertz CT molecular complexity index is 1070. The van der Waals surface area contributed by atoms with E-state index in [1.165, 1.54) is 26.0 Å². The van der Waals surface area contributed by atoms with Gasteiger partial charge in [0.25, 0.3) is 0 Å². The number of carbonyl (C=O) groups is 2. The molecule has 1 aliphatic rings. The maximum Gasteiger partial charge on any atom is 0.319 e. The van der Waals surface area contributed by atoms with Gasteiger partial charge in [-0.25, -0.2) is 0 Å². The van der Waals surface area contributed by atoms with Crippen LogP contribution in [0.1, 0.15) is 11.5 Å². The van der Waals surface area contributed by atoms with Crippen LogP contribution in [-0.4, -0.2) is 38.5 Å². The van der Waals surface area contributed by atoms with Crippen molar-refractivity contribution < 1.29 is 23.8 Å². The number of allylic oxidation sites excluding steroid dienone is 1. The Morgan fingerprint density at radius 1 is 1.22 bits per heavy atom. The van der Waals surface area contributed by atoms with Gasteiger partial charge in [-0.2, -0.15) is 5.26 Å². The van der Waals surface area contributed by atoms with Crippen LogP contribution in [-0.2, 0) is 14.3 Å². The van der Waals surface area contributed by atoms with E-state index in [9.17, 15) is 14.9 Å². The number of esters is 1. The Hall–Kier alpha value is -2.96. The predicted molar refractivity (Wildman–Crippen MR) is 124 cm³/mol. The van der Waals surface area contributed by atoms with Crippen LogP contribution < -0.4 is 14.8 Å². The molecule has 1 heterocycles. The number of carbonyl (C=O) groups excluding carboxylic acids is 2. The quantitative estimate of drug-likeness (QED) is 0.321. The zero-order valence-corrected chi connectivity index (χ0v) is 19.9. The number of nitrogens with zero attached hydrogens (tertiary/aromatic N) is 1. The van der Waals surface area contributed by atoms with E-state index < -0.39 is 23.7 Å². The van der Waals surface area contributed by atoms with Gasteiger partial charge in [-0.05, 0) is 45.8 Å². The average Bonchev–Trinajstić information content (AvgIpc) is 2.81. The minimum Gasteiger partial charge on any atom is -0.496 e. The minimum atomic E-state index is -1.18. The van der Waals surface area contributed by atoms with Crippen LogP contribution in [0.2, 0.25) is 0 Å². The first-order valence-electron chi connectivity index (χ1n) is 9.67. The Labute approximate surface area is 198 Å². The highest BCUT2D eigenvalue weighted by atomic mass is 79.9. The van der Waals surface area contributed by atoms with Crippen LogP contribution in [0.25, 0.3) is 0 Å². The van der Waals surface area contributed by atoms with E-state index in [0.29, 0.717) is 38.7 Å². The molecular weight excluding hydrogens is 496 g/mol. The molecule has 0 bridgehead atoms. The van der Waals surface area contributed by atoms with E-state index in [2.05, 4.69) is 27.3 Å². The second-order valence-corrected chi connectivity index (χ2v) is 8.69. The highest BCUT2D eigenvalue weighted by Crippen LogP contribution is 2.42. The monoisotopic (exact) mass is 516 g/mol. The fourth-order valence-electron chi connectivity index (χ4n) is 3.38. The van der Waals surface area contributed by atoms with Gasteiger partial charge in [0, 0.05) is 11.7 Å². The van der Waals surface area contributed by atoms with Crippen molar-refractivity contribution in [3.63, 3.8) is 0 Å². The first-order valence-corrected chi connectivity index (χ1v) is 11.4. The molecule has 0 aromatic heterocycles. The van der Waals surface area contributed by atoms with Gasteiger partial charge in [0.2, 0.25) is 5.91 Å². The molecule has 7 nitrogen and oxygen atoms in total. The predicted octanol–water partition coefficient (Wildman–Crippen LogP) is 4.01. The molecule has 0 fully saturated rings. The van der Waals surface area contributed by atoms with Crippen LogP contribution in [0.5, 0.6) is 11.5 Å². The van der Waals surface area contributed by atoms with Crippen LogP contribution in [0, 0.1) is 17.2 Å². The lowest BCUT2D eigenvalue weighted by Crippen LogP contribution is -2.44. The SMILES string of the molecule is COC(=O)[C@H]1C(=O)NC(SCCOc2ccccc2)=C(C#N)[C@H]1c1ccc(OC)c(Br)c1. The Balaban J connectivity index is 1.89. The fourth-order valence-corrected chi connectivity index (χ4v) is 4.81. The van der Waals surface area contributed by atoms with Gasteiger partial charge in [0.1, 0.15) is 17.4 Å². The second-order valence-electron chi connectivity index (χ2n) is 6.73. The summed E-state index contributed by atoms with van der Waals surface area (Å²) in [6.45, 7) is 0.381. The number of methoxy groups -OCH3 is 2. The number of hydrogen-bond donors (Lipinski definition) is 1. The molecule has 1 aliphatic heterocycles. The van der Waals surface area contributed by atoms with Crippen molar-refractivity contribution in [1.29, 1.82) is 5.26 Å². The third-order valence-electron chi connectivity index (χ3n) is 4.86. The molecule has 2 aromatic carbocycles. The van der Waals surface area contributed by atoms with Crippen molar-refractivity contribution in [2.45, 2.75) is 5.92 Å². The molecule has 0 spiro atoms. The van der Waals surface area contributed by atoms with Crippen LogP contribution >= 0.6 is 27.7 Å². The van der Waals surface area contributed by atoms with Gasteiger partial charge >= 0.3 is 5.97 Å². The summed E-state index contributed by atoms with van der Waals surface area (Å²) in [5.41, 5.74) is 0.917. The van der Waals surface area contributed by atoms with Crippen LogP contribution in [0.15, 0.2) is 63.6 Å². The molecule has 3 rings (SSSR count). The number of nitriles is 1. The number of nitrogens with one attached hydrogen (secondary N) is 1. The molecule has 0 saturated heterocycles. The number of amides is 1. The standard InChI is InChI=1S/C23H21BrN2O5S/c1-29-18-9-8-14(12-17(18)24)19-16(13-25)22(26-21(27)20(19)23(28)30-2)32-11-10-31-15-6-4-3-5-7-15/h3-9,12,19-20H,10-11H2,1-2H3,(H,26,27)/t19-,20-/m1/s1. The Morgan fingerprint density at radius 2 is 1.97 bits per heavy atom. The molecule has 32 heavy (non-hydrogen) atoms. The molecule has 0 unspecified atom stereocenters. The van der Waals surface area contributed by atoms with E-state index in [0.717, 1.165) is 5.75 Å². The van der Waals surface area contributed by atoms with Gasteiger partial charge in [0.05, 0.1) is 42.0 Å². The molecule has 0 saturated carbocycles. The summed E-state index contributed by atoms with van der Waals surface area (Å²) in [7, 11) is 2.76. The molecule has 0 aliphatic carbocycles. The maximum atomic E-state index is 12.9. The molecule has 9 heteroatoms. The van der Waals surface area contributed by atoms with E-state index in [4.69, 9.17) is 14.2 Å². The third kappa shape index (κ3) is 5.26. The number of benzene rings is 2. The normalized spacial score (nSPS) is 17.9. The van der Waals surface area contributed by atoms with Gasteiger partial charge in [0.15, 0.2) is 0 Å². The second kappa shape index (κ2) is 11.1. The number of ether oxygens (including phenoxy) is 3. The summed E-state index contributed by atoms with van der Waals surface area (Å²) in [6, 6.07) is 16.8. The van der Waals surface area contributed by atoms with E-state index in [1.807, 2.05) is 30.3 Å². The molecule has 2 aromatic rings. The maximum absolute atomic E-state index is 12.9. The lowest BCUT2D eigenvalue weighted by molar-refractivity contribution is -0.150. The third-order valence-corrected chi connectivity index (χ3v) is 6.46. The lowest BCUT2D eigenvalue weighted by atomic mass is 9.78. The molecule has 1 amide bonds. The van der Waals surface area contributed by atoms with Crippen molar-refractivity contribution in [2.24, 2.45) is 5.92 Å². The fraction of sp³-hybridized carbons (Fsp3) is 0.261. The van der Waals surface area contributed by atoms with Crippen molar-refractivity contribution in [1.82, 2.24) is 5.32 Å². The summed E-state index contributed by atoms with van der Waals surface area (Å²) in [5, 5.41) is 13.1. The van der Waals surface area contributed by atoms with Crippen LogP contribution in [0.3, 0.4) is 0 Å². The average molecular weight is 517 g/mol. The van der Waals surface area contributed by atoms with Crippen molar-refractivity contribution in [3.05, 3.63) is 69.2 Å². The summed E-state index contributed by atoms with van der Waals surface area (Å²) in [4.78, 5) is 25.4. The van der Waals surface area contributed by atoms with Crippen molar-refractivity contribution in [2.75, 3.05) is 26.6 Å². The lowest BCUT2D eigenvalue weighted by Gasteiger charge is -2.31. The largest absolute Gasteiger partial charge is 0.496 e. The minimum absolute atomic E-state index is 0.293. The summed E-state index contributed by atoms with van der Waals surface area (Å²) in [6.07, 6.45) is 0. The van der Waals surface area contributed by atoms with Gasteiger partial charge in [-0.1, -0.05) is 24.3 Å². The summed E-state index contributed by atoms with van der Waals surface area (Å²) >= 11 is 4.73.